The van der Waals surface area contributed by atoms with Crippen LogP contribution in [0.1, 0.15) is 12.0 Å². The monoisotopic (exact) mass is 324 g/mol. The first-order chi connectivity index (χ1) is 11.6. The first kappa shape index (κ1) is 15.1. The smallest absolute Gasteiger partial charge is 0.230 e. The number of amides is 1. The highest BCUT2D eigenvalue weighted by Crippen LogP contribution is 2.55. The lowest BCUT2D eigenvalue weighted by atomic mass is 9.74. The second kappa shape index (κ2) is 5.31. The molecule has 24 heavy (non-hydrogen) atoms. The number of aliphatic carboxylic acids is 1. The van der Waals surface area contributed by atoms with Gasteiger partial charge < -0.3 is 19.5 Å². The van der Waals surface area contributed by atoms with Gasteiger partial charge in [-0.3, -0.25) is 4.79 Å². The Kier molecular flexibility index (Phi) is 3.35. The van der Waals surface area contributed by atoms with Crippen molar-refractivity contribution in [1.29, 1.82) is 0 Å². The van der Waals surface area contributed by atoms with E-state index in [1.54, 1.807) is 17.1 Å². The second-order valence-electron chi connectivity index (χ2n) is 6.61. The third kappa shape index (κ3) is 1.91. The van der Waals surface area contributed by atoms with Crippen molar-refractivity contribution >= 4 is 11.9 Å². The number of benzene rings is 1. The van der Waals surface area contributed by atoms with Gasteiger partial charge in [-0.15, -0.1) is 6.58 Å². The zero-order valence-corrected chi connectivity index (χ0v) is 13.1. The number of hydrogen-bond acceptors (Lipinski definition) is 4. The van der Waals surface area contributed by atoms with Crippen LogP contribution in [0.25, 0.3) is 0 Å². The van der Waals surface area contributed by atoms with Crippen LogP contribution in [0.3, 0.4) is 0 Å². The summed E-state index contributed by atoms with van der Waals surface area (Å²) in [4.78, 5) is 26.4. The minimum absolute atomic E-state index is 0.174. The van der Waals surface area contributed by atoms with Gasteiger partial charge in [0, 0.05) is 18.4 Å². The Labute approximate surface area is 140 Å². The zero-order chi connectivity index (χ0) is 16.9. The van der Waals surface area contributed by atoms with E-state index < -0.39 is 29.5 Å². The molecule has 2 saturated heterocycles. The lowest BCUT2D eigenvalue weighted by molar-refractivity contribution is -0.313. The fourth-order valence-corrected chi connectivity index (χ4v) is 4.43. The van der Waals surface area contributed by atoms with Crippen molar-refractivity contribution in [2.45, 2.75) is 30.7 Å². The number of nitrogens with zero attached hydrogens (tertiary/aromatic N) is 1. The Morgan fingerprint density at radius 2 is 2.12 bits per heavy atom. The molecule has 1 aromatic carbocycles. The van der Waals surface area contributed by atoms with Crippen molar-refractivity contribution in [1.82, 2.24) is 4.90 Å². The summed E-state index contributed by atoms with van der Waals surface area (Å²) < 4.78 is 6.02. The molecule has 1 spiro atoms. The fraction of sp³-hybridized carbons (Fsp3) is 0.368. The standard InChI is InChI=1S/C19H19NO4/c1-2-6-14-19-10-9-13(24-19)15(18(22)23)16(19)17(21)20(14)11-12-7-4-3-5-8-12/h2-5,7-10,13-16H,1,6,11H2,(H,22,23)/p-1/t13-,14+,15+,16+,19-/m1/s1. The summed E-state index contributed by atoms with van der Waals surface area (Å²) in [6.07, 6.45) is 5.36. The number of carboxylic acid groups (broad SMARTS) is 1. The van der Waals surface area contributed by atoms with E-state index in [4.69, 9.17) is 4.74 Å². The van der Waals surface area contributed by atoms with Gasteiger partial charge in [-0.25, -0.2) is 0 Å². The lowest BCUT2D eigenvalue weighted by Crippen LogP contribution is -2.46. The highest BCUT2D eigenvalue weighted by atomic mass is 16.5. The van der Waals surface area contributed by atoms with Gasteiger partial charge in [-0.1, -0.05) is 48.6 Å². The highest BCUT2D eigenvalue weighted by molar-refractivity contribution is 5.91. The van der Waals surface area contributed by atoms with Gasteiger partial charge in [-0.2, -0.15) is 0 Å². The van der Waals surface area contributed by atoms with Crippen molar-refractivity contribution < 1.29 is 19.4 Å². The molecule has 3 heterocycles. The van der Waals surface area contributed by atoms with Crippen LogP contribution in [0.5, 0.6) is 0 Å². The first-order valence-corrected chi connectivity index (χ1v) is 8.12. The van der Waals surface area contributed by atoms with E-state index in [1.807, 2.05) is 36.4 Å². The van der Waals surface area contributed by atoms with Gasteiger partial charge in [0.25, 0.3) is 0 Å². The first-order valence-electron chi connectivity index (χ1n) is 8.12. The molecule has 0 radical (unpaired) electrons. The minimum atomic E-state index is -1.22. The molecule has 2 bridgehead atoms. The Bertz CT molecular complexity index is 728. The molecule has 0 saturated carbocycles. The quantitative estimate of drug-likeness (QED) is 0.746. The fourth-order valence-electron chi connectivity index (χ4n) is 4.43. The van der Waals surface area contributed by atoms with Crippen LogP contribution in [-0.2, 0) is 20.9 Å². The predicted octanol–water partition coefficient (Wildman–Crippen LogP) is 0.663. The van der Waals surface area contributed by atoms with E-state index in [0.717, 1.165) is 5.56 Å². The summed E-state index contributed by atoms with van der Waals surface area (Å²) >= 11 is 0. The number of carbonyl (C=O) groups excluding carboxylic acids is 2. The zero-order valence-electron chi connectivity index (χ0n) is 13.1. The van der Waals surface area contributed by atoms with Gasteiger partial charge in [0.15, 0.2) is 0 Å². The lowest BCUT2D eigenvalue weighted by Gasteiger charge is -2.32. The molecule has 0 N–H and O–H groups in total. The topological polar surface area (TPSA) is 69.7 Å². The molecule has 1 amide bonds. The molecule has 124 valence electrons. The van der Waals surface area contributed by atoms with E-state index in [0.29, 0.717) is 13.0 Å². The number of fused-ring (bicyclic) bond motifs is 1. The Hall–Kier alpha value is -2.40. The number of carbonyl (C=O) groups is 2. The van der Waals surface area contributed by atoms with Crippen molar-refractivity contribution in [2.24, 2.45) is 11.8 Å². The maximum absolute atomic E-state index is 13.1. The van der Waals surface area contributed by atoms with Gasteiger partial charge in [-0.05, 0) is 12.0 Å². The van der Waals surface area contributed by atoms with Crippen LogP contribution in [-0.4, -0.2) is 34.5 Å². The molecule has 5 atom stereocenters. The summed E-state index contributed by atoms with van der Waals surface area (Å²) in [5.41, 5.74) is 0.120. The van der Waals surface area contributed by atoms with Gasteiger partial charge in [0.2, 0.25) is 5.91 Å². The van der Waals surface area contributed by atoms with E-state index in [2.05, 4.69) is 6.58 Å². The van der Waals surface area contributed by atoms with Gasteiger partial charge >= 0.3 is 0 Å². The Morgan fingerprint density at radius 1 is 1.38 bits per heavy atom. The molecular formula is C19H18NO4-. The molecule has 0 unspecified atom stereocenters. The predicted molar refractivity (Wildman–Crippen MR) is 84.3 cm³/mol. The molecule has 4 rings (SSSR count). The van der Waals surface area contributed by atoms with E-state index >= 15 is 0 Å². The largest absolute Gasteiger partial charge is 0.550 e. The van der Waals surface area contributed by atoms with E-state index in [9.17, 15) is 14.7 Å². The molecule has 2 fully saturated rings. The van der Waals surface area contributed by atoms with Crippen molar-refractivity contribution in [3.8, 4) is 0 Å². The average molecular weight is 324 g/mol. The number of ether oxygens (including phenoxy) is 1. The molecule has 3 aliphatic heterocycles. The molecule has 0 aliphatic carbocycles. The van der Waals surface area contributed by atoms with Crippen molar-refractivity contribution in [2.75, 3.05) is 0 Å². The third-order valence-electron chi connectivity index (χ3n) is 5.39. The maximum atomic E-state index is 13.1. The number of carboxylic acids is 1. The summed E-state index contributed by atoms with van der Waals surface area (Å²) in [6.45, 7) is 4.22. The van der Waals surface area contributed by atoms with Gasteiger partial charge in [0.05, 0.1) is 18.1 Å². The number of rotatable bonds is 5. The molecule has 1 aromatic rings. The summed E-state index contributed by atoms with van der Waals surface area (Å²) in [7, 11) is 0. The SMILES string of the molecule is C=CC[C@@H]1N(Cc2ccccc2)C(=O)[C@@H]2[C@@H](C(=O)[O-])[C@H]3C=C[C@]21O3. The Morgan fingerprint density at radius 3 is 2.79 bits per heavy atom. The molecule has 5 heteroatoms. The van der Waals surface area contributed by atoms with Crippen LogP contribution in [0.15, 0.2) is 55.1 Å². The van der Waals surface area contributed by atoms with Gasteiger partial charge in [0.1, 0.15) is 5.60 Å². The normalized spacial score (nSPS) is 36.2. The summed E-state index contributed by atoms with van der Waals surface area (Å²) in [5.74, 6) is -3.03. The van der Waals surface area contributed by atoms with E-state index in [-0.39, 0.29) is 11.9 Å². The Balaban J connectivity index is 1.73. The molecule has 3 aliphatic rings. The number of hydrogen-bond donors (Lipinski definition) is 0. The molecule has 0 aromatic heterocycles. The number of likely N-dealkylation sites (tertiary alicyclic amines) is 1. The van der Waals surface area contributed by atoms with Crippen LogP contribution < -0.4 is 5.11 Å². The summed E-state index contributed by atoms with van der Waals surface area (Å²) in [6, 6.07) is 9.41. The average Bonchev–Trinajstić information content (AvgIpc) is 3.20. The second-order valence-corrected chi connectivity index (χ2v) is 6.61. The van der Waals surface area contributed by atoms with Crippen LogP contribution >= 0.6 is 0 Å². The highest BCUT2D eigenvalue weighted by Gasteiger charge is 2.69. The third-order valence-corrected chi connectivity index (χ3v) is 5.39. The van der Waals surface area contributed by atoms with Crippen molar-refractivity contribution in [3.63, 3.8) is 0 Å². The molecule has 5 nitrogen and oxygen atoms in total. The van der Waals surface area contributed by atoms with Crippen LogP contribution in [0.2, 0.25) is 0 Å². The minimum Gasteiger partial charge on any atom is -0.550 e. The van der Waals surface area contributed by atoms with Crippen LogP contribution in [0.4, 0.5) is 0 Å². The van der Waals surface area contributed by atoms with Crippen LogP contribution in [0, 0.1) is 11.8 Å². The van der Waals surface area contributed by atoms with Crippen molar-refractivity contribution in [3.05, 3.63) is 60.7 Å². The molecular weight excluding hydrogens is 306 g/mol. The summed E-state index contributed by atoms with van der Waals surface area (Å²) in [5, 5.41) is 11.6. The van der Waals surface area contributed by atoms with E-state index in [1.165, 1.54) is 0 Å². The maximum Gasteiger partial charge on any atom is 0.230 e.